The van der Waals surface area contributed by atoms with Gasteiger partial charge < -0.3 is 59.2 Å². The SMILES string of the molecule is CI.C[N+]1(C)CCN(C2=Nc3ccccc3Oc3ccc(Cl)cc32)CC1.Clc1ccc2c(c1)C(N1CCNCC1)=Nc1ccccc1O2.[I-].[NH2-].[Na+]. The minimum Gasteiger partial charge on any atom is -1.00 e. The second-order valence-electron chi connectivity index (χ2n) is 12.4. The van der Waals surface area contributed by atoms with Crippen molar-refractivity contribution < 1.29 is 67.5 Å². The molecule has 266 valence electrons. The van der Waals surface area contributed by atoms with E-state index in [2.05, 4.69) is 51.8 Å². The van der Waals surface area contributed by atoms with Crippen LogP contribution in [0, 0.1) is 0 Å². The van der Waals surface area contributed by atoms with Crippen LogP contribution < -0.4 is 68.3 Å². The van der Waals surface area contributed by atoms with E-state index < -0.39 is 0 Å². The van der Waals surface area contributed by atoms with Crippen molar-refractivity contribution in [2.24, 2.45) is 9.98 Å². The molecule has 4 aliphatic heterocycles. The van der Waals surface area contributed by atoms with Gasteiger partial charge in [-0.3, -0.25) is 0 Å². The number of hydrogen-bond acceptors (Lipinski definition) is 7. The quantitative estimate of drug-likeness (QED) is 0.127. The normalized spacial score (nSPS) is 16.3. The molecule has 0 saturated carbocycles. The zero-order valence-corrected chi connectivity index (χ0v) is 37.2. The molecule has 0 unspecified atom stereocenters. The van der Waals surface area contributed by atoms with Gasteiger partial charge >= 0.3 is 29.6 Å². The Bertz CT molecular complexity index is 1830. The first-order valence-electron chi connectivity index (χ1n) is 16.0. The number of benzene rings is 4. The van der Waals surface area contributed by atoms with Gasteiger partial charge in [0.1, 0.15) is 34.5 Å². The molecule has 2 saturated heterocycles. The minimum atomic E-state index is 0. The second-order valence-corrected chi connectivity index (χ2v) is 13.3. The molecule has 0 spiro atoms. The van der Waals surface area contributed by atoms with Crippen molar-refractivity contribution in [3.63, 3.8) is 0 Å². The van der Waals surface area contributed by atoms with E-state index in [-0.39, 0.29) is 59.7 Å². The van der Waals surface area contributed by atoms with Crippen molar-refractivity contribution in [2.75, 3.05) is 71.4 Å². The molecular formula is C37H42Cl2I2N7NaO2. The van der Waals surface area contributed by atoms with Gasteiger partial charge in [0.2, 0.25) is 0 Å². The van der Waals surface area contributed by atoms with Gasteiger partial charge in [-0.15, -0.1) is 0 Å². The van der Waals surface area contributed by atoms with Crippen molar-refractivity contribution in [2.45, 2.75) is 0 Å². The fourth-order valence-corrected chi connectivity index (χ4v) is 6.31. The van der Waals surface area contributed by atoms with Gasteiger partial charge in [0.25, 0.3) is 0 Å². The molecule has 0 amide bonds. The monoisotopic (exact) mass is 963 g/mol. The molecule has 4 aliphatic rings. The smallest absolute Gasteiger partial charge is 1.00 e. The van der Waals surface area contributed by atoms with Crippen molar-refractivity contribution in [1.82, 2.24) is 15.1 Å². The maximum atomic E-state index is 6.26. The molecule has 0 aromatic heterocycles. The summed E-state index contributed by atoms with van der Waals surface area (Å²) in [6.45, 7) is 7.89. The van der Waals surface area contributed by atoms with E-state index in [0.29, 0.717) is 10.0 Å². The van der Waals surface area contributed by atoms with Crippen molar-refractivity contribution >= 4 is 68.8 Å². The standard InChI is InChI=1S/C19H21ClN3O.C17H16ClN3O.CH3I.HI.H2N.Na/c1-23(2)11-9-22(10-12-23)19-15-13-14(20)7-8-17(15)24-18-6-4-3-5-16(18)21-19;18-12-5-6-15-13(11-12)17(21-9-7-19-8-10-21)20-14-3-1-2-4-16(14)22-15;1-2;;;/h3-8,13H,9-12H2,1-2H3;1-6,11,19H,7-10H2;1H3;1H;1H2;/q+1;;;;-1;+1/p-1. The number of fused-ring (bicyclic) bond motifs is 4. The second kappa shape index (κ2) is 20.1. The Morgan fingerprint density at radius 1 is 0.647 bits per heavy atom. The number of quaternary nitrogens is 1. The summed E-state index contributed by atoms with van der Waals surface area (Å²) in [5, 5.41) is 4.76. The Kier molecular flexibility index (Phi) is 17.3. The van der Waals surface area contributed by atoms with Crippen LogP contribution in [-0.4, -0.2) is 97.3 Å². The first-order valence-corrected chi connectivity index (χ1v) is 19.0. The van der Waals surface area contributed by atoms with Gasteiger partial charge in [-0.25, -0.2) is 9.98 Å². The number of para-hydroxylation sites is 4. The predicted molar refractivity (Wildman–Crippen MR) is 211 cm³/mol. The number of rotatable bonds is 0. The fraction of sp³-hybridized carbons (Fsp3) is 0.297. The molecular weight excluding hydrogens is 922 g/mol. The van der Waals surface area contributed by atoms with Crippen LogP contribution >= 0.6 is 45.8 Å². The average Bonchev–Trinajstić information content (AvgIpc) is 3.37. The number of nitrogens with two attached hydrogens (primary N) is 1. The fourth-order valence-electron chi connectivity index (χ4n) is 5.97. The predicted octanol–water partition coefficient (Wildman–Crippen LogP) is 3.12. The van der Waals surface area contributed by atoms with Crippen LogP contribution in [0.5, 0.6) is 23.0 Å². The summed E-state index contributed by atoms with van der Waals surface area (Å²) < 4.78 is 13.2. The van der Waals surface area contributed by atoms with Crippen LogP contribution in [0.4, 0.5) is 11.4 Å². The maximum absolute atomic E-state index is 6.26. The molecule has 14 heteroatoms. The van der Waals surface area contributed by atoms with E-state index in [4.69, 9.17) is 42.7 Å². The number of nitrogens with zero attached hydrogens (tertiary/aromatic N) is 5. The molecule has 0 aliphatic carbocycles. The number of ether oxygens (including phenoxy) is 2. The third-order valence-corrected chi connectivity index (χ3v) is 9.12. The summed E-state index contributed by atoms with van der Waals surface area (Å²) in [6, 6.07) is 27.2. The molecule has 8 rings (SSSR count). The molecule has 2 fully saturated rings. The van der Waals surface area contributed by atoms with Crippen LogP contribution in [0.1, 0.15) is 11.1 Å². The Hall–Kier alpha value is -1.66. The number of likely N-dealkylation sites (N-methyl/N-ethyl adjacent to an activating group) is 1. The van der Waals surface area contributed by atoms with E-state index in [9.17, 15) is 0 Å². The summed E-state index contributed by atoms with van der Waals surface area (Å²) >= 11 is 14.6. The molecule has 51 heavy (non-hydrogen) atoms. The summed E-state index contributed by atoms with van der Waals surface area (Å²) in [7, 11) is 4.55. The van der Waals surface area contributed by atoms with Gasteiger partial charge in [-0.1, -0.05) is 70.1 Å². The van der Waals surface area contributed by atoms with Gasteiger partial charge in [0.15, 0.2) is 11.5 Å². The number of halogens is 4. The number of nitrogens with one attached hydrogen (secondary N) is 1. The largest absolute Gasteiger partial charge is 1.00 e. The van der Waals surface area contributed by atoms with Gasteiger partial charge in [0, 0.05) is 36.2 Å². The third-order valence-electron chi connectivity index (χ3n) is 8.65. The Morgan fingerprint density at radius 3 is 1.51 bits per heavy atom. The first-order chi connectivity index (χ1) is 23.3. The average molecular weight is 964 g/mol. The zero-order chi connectivity index (χ0) is 33.7. The van der Waals surface area contributed by atoms with Gasteiger partial charge in [0.05, 0.1) is 51.4 Å². The molecule has 4 aromatic rings. The third kappa shape index (κ3) is 10.7. The molecule has 4 aromatic carbocycles. The minimum absolute atomic E-state index is 0. The number of hydrogen-bond donors (Lipinski definition) is 1. The van der Waals surface area contributed by atoms with Crippen molar-refractivity contribution in [3.05, 3.63) is 112 Å². The number of alkyl halides is 1. The van der Waals surface area contributed by atoms with Crippen LogP contribution in [0.25, 0.3) is 6.15 Å². The molecule has 3 N–H and O–H groups in total. The summed E-state index contributed by atoms with van der Waals surface area (Å²) in [4.78, 5) is 16.4. The maximum Gasteiger partial charge on any atom is 1.00 e. The summed E-state index contributed by atoms with van der Waals surface area (Å²) in [6.07, 6.45) is 0. The molecule has 0 radical (unpaired) electrons. The van der Waals surface area contributed by atoms with E-state index in [1.165, 1.54) is 0 Å². The Morgan fingerprint density at radius 2 is 1.06 bits per heavy atom. The van der Waals surface area contributed by atoms with Crippen LogP contribution in [-0.2, 0) is 0 Å². The summed E-state index contributed by atoms with van der Waals surface area (Å²) in [5.41, 5.74) is 3.62. The van der Waals surface area contributed by atoms with E-state index in [1.54, 1.807) is 0 Å². The first kappa shape index (κ1) is 43.7. The van der Waals surface area contributed by atoms with E-state index in [1.807, 2.05) is 89.9 Å². The van der Waals surface area contributed by atoms with Crippen LogP contribution in [0.3, 0.4) is 0 Å². The molecule has 0 atom stereocenters. The summed E-state index contributed by atoms with van der Waals surface area (Å²) in [5.74, 6) is 5.05. The molecule has 9 nitrogen and oxygen atoms in total. The van der Waals surface area contributed by atoms with Crippen molar-refractivity contribution in [3.8, 4) is 23.0 Å². The number of amidine groups is 2. The number of piperazine rings is 2. The van der Waals surface area contributed by atoms with Crippen LogP contribution in [0.15, 0.2) is 94.9 Å². The van der Waals surface area contributed by atoms with E-state index >= 15 is 0 Å². The van der Waals surface area contributed by atoms with Gasteiger partial charge in [-0.05, 0) is 65.6 Å². The Labute approximate surface area is 364 Å². The van der Waals surface area contributed by atoms with Crippen LogP contribution in [0.2, 0.25) is 10.0 Å². The number of aliphatic imine (C=N–C) groups is 2. The topological polar surface area (TPSA) is 95.2 Å². The van der Waals surface area contributed by atoms with Crippen molar-refractivity contribution in [1.29, 1.82) is 0 Å². The molecule has 0 bridgehead atoms. The van der Waals surface area contributed by atoms with E-state index in [0.717, 1.165) is 114 Å². The van der Waals surface area contributed by atoms with Gasteiger partial charge in [-0.2, -0.15) is 0 Å². The molecule has 4 heterocycles. The zero-order valence-electron chi connectivity index (χ0n) is 29.4. The Balaban J connectivity index is 0.000000249.